The molecule has 0 unspecified atom stereocenters. The number of hydrogen-bond donors (Lipinski definition) is 2. The molecule has 0 aliphatic heterocycles. The van der Waals surface area contributed by atoms with E-state index in [9.17, 15) is 14.9 Å². The van der Waals surface area contributed by atoms with E-state index in [1.807, 2.05) is 0 Å². The minimum Gasteiger partial charge on any atom is -0.400 e. The molecule has 1 aromatic heterocycles. The quantitative estimate of drug-likeness (QED) is 0.231. The van der Waals surface area contributed by atoms with Crippen molar-refractivity contribution in [1.29, 1.82) is 0 Å². The maximum absolute atomic E-state index is 10.5. The van der Waals surface area contributed by atoms with E-state index in [4.69, 9.17) is 5.84 Å². The number of hydrazine groups is 1. The van der Waals surface area contributed by atoms with Gasteiger partial charge in [-0.15, -0.1) is 0 Å². The molecular formula is C6H6N4O4. The third-order valence-electron chi connectivity index (χ3n) is 1.23. The molecule has 0 saturated heterocycles. The maximum Gasteiger partial charge on any atom is 0.433 e. The molecule has 74 valence electrons. The van der Waals surface area contributed by atoms with Crippen molar-refractivity contribution < 1.29 is 14.1 Å². The fraction of sp³-hybridized carbons (Fsp3) is 0. The highest BCUT2D eigenvalue weighted by Crippen LogP contribution is 2.13. The van der Waals surface area contributed by atoms with Crippen LogP contribution in [0.15, 0.2) is 21.5 Å². The number of hydrogen-bond acceptors (Lipinski definition) is 5. The summed E-state index contributed by atoms with van der Waals surface area (Å²) >= 11 is 0. The van der Waals surface area contributed by atoms with Crippen molar-refractivity contribution in [2.45, 2.75) is 0 Å². The first-order valence-corrected chi connectivity index (χ1v) is 3.42. The van der Waals surface area contributed by atoms with Gasteiger partial charge in [-0.25, -0.2) is 10.6 Å². The van der Waals surface area contributed by atoms with Crippen LogP contribution < -0.4 is 11.3 Å². The number of amides is 2. The number of nitrogens with one attached hydrogen (secondary N) is 1. The first-order valence-electron chi connectivity index (χ1n) is 3.42. The fourth-order valence-electron chi connectivity index (χ4n) is 0.669. The Kier molecular flexibility index (Phi) is 2.92. The maximum atomic E-state index is 10.5. The number of rotatable bonds is 2. The highest BCUT2D eigenvalue weighted by atomic mass is 16.6. The number of carbonyl (C=O) groups is 1. The van der Waals surface area contributed by atoms with Gasteiger partial charge >= 0.3 is 11.9 Å². The van der Waals surface area contributed by atoms with Crippen LogP contribution in [0.5, 0.6) is 0 Å². The second-order valence-corrected chi connectivity index (χ2v) is 2.14. The minimum absolute atomic E-state index is 0.0975. The van der Waals surface area contributed by atoms with Crippen molar-refractivity contribution in [1.82, 2.24) is 5.43 Å². The molecule has 3 N–H and O–H groups in total. The van der Waals surface area contributed by atoms with Gasteiger partial charge in [0, 0.05) is 0 Å². The Hall–Kier alpha value is -2.22. The Morgan fingerprint density at radius 1 is 1.71 bits per heavy atom. The van der Waals surface area contributed by atoms with Gasteiger partial charge in [-0.2, -0.15) is 4.99 Å². The SMILES string of the molecule is NNC(=O)/N=C/c1ccc([N+](=O)[O-])o1. The van der Waals surface area contributed by atoms with E-state index in [0.29, 0.717) is 0 Å². The van der Waals surface area contributed by atoms with Crippen molar-refractivity contribution >= 4 is 18.1 Å². The topological polar surface area (TPSA) is 124 Å². The van der Waals surface area contributed by atoms with E-state index in [1.54, 1.807) is 5.43 Å². The summed E-state index contributed by atoms with van der Waals surface area (Å²) < 4.78 is 4.67. The van der Waals surface area contributed by atoms with Crippen LogP contribution in [-0.4, -0.2) is 17.2 Å². The summed E-state index contributed by atoms with van der Waals surface area (Å²) in [6, 6.07) is 1.69. The summed E-state index contributed by atoms with van der Waals surface area (Å²) in [5.41, 5.74) is 1.75. The minimum atomic E-state index is -0.774. The lowest BCUT2D eigenvalue weighted by Crippen LogP contribution is -2.26. The Bertz CT molecular complexity index is 383. The summed E-state index contributed by atoms with van der Waals surface area (Å²) in [6.07, 6.45) is 1.02. The molecule has 1 heterocycles. The van der Waals surface area contributed by atoms with Gasteiger partial charge in [0.05, 0.1) is 12.3 Å². The number of nitro groups is 1. The van der Waals surface area contributed by atoms with Crippen molar-refractivity contribution in [2.24, 2.45) is 10.8 Å². The second-order valence-electron chi connectivity index (χ2n) is 2.14. The van der Waals surface area contributed by atoms with Gasteiger partial charge in [0.15, 0.2) is 5.76 Å². The second kappa shape index (κ2) is 4.14. The third kappa shape index (κ3) is 2.38. The molecule has 1 rings (SSSR count). The molecule has 0 spiro atoms. The van der Waals surface area contributed by atoms with Gasteiger partial charge in [-0.05, 0) is 6.07 Å². The molecule has 1 aromatic rings. The summed E-state index contributed by atoms with van der Waals surface area (Å²) in [4.78, 5) is 23.3. The van der Waals surface area contributed by atoms with E-state index in [0.717, 1.165) is 12.3 Å². The summed E-state index contributed by atoms with van der Waals surface area (Å²) in [7, 11) is 0. The molecule has 0 fully saturated rings. The van der Waals surface area contributed by atoms with Crippen LogP contribution in [0.4, 0.5) is 10.7 Å². The molecular weight excluding hydrogens is 192 g/mol. The van der Waals surface area contributed by atoms with Crippen LogP contribution >= 0.6 is 0 Å². The van der Waals surface area contributed by atoms with Crippen LogP contribution in [0.25, 0.3) is 0 Å². The Morgan fingerprint density at radius 2 is 2.43 bits per heavy atom. The van der Waals surface area contributed by atoms with Gasteiger partial charge in [-0.3, -0.25) is 15.5 Å². The van der Waals surface area contributed by atoms with Crippen molar-refractivity contribution in [3.8, 4) is 0 Å². The highest BCUT2D eigenvalue weighted by molar-refractivity contribution is 5.89. The van der Waals surface area contributed by atoms with E-state index in [1.165, 1.54) is 6.07 Å². The molecule has 14 heavy (non-hydrogen) atoms. The van der Waals surface area contributed by atoms with E-state index in [2.05, 4.69) is 9.41 Å². The molecule has 0 atom stereocenters. The van der Waals surface area contributed by atoms with Gasteiger partial charge in [-0.1, -0.05) is 0 Å². The number of urea groups is 1. The average Bonchev–Trinajstić information content (AvgIpc) is 2.62. The first kappa shape index (κ1) is 9.86. The number of furan rings is 1. The van der Waals surface area contributed by atoms with Gasteiger partial charge < -0.3 is 4.42 Å². The summed E-state index contributed by atoms with van der Waals surface area (Å²) in [5, 5.41) is 10.2. The van der Waals surface area contributed by atoms with E-state index < -0.39 is 16.8 Å². The van der Waals surface area contributed by atoms with Gasteiger partial charge in [0.2, 0.25) is 0 Å². The van der Waals surface area contributed by atoms with Crippen LogP contribution in [0, 0.1) is 10.1 Å². The fourth-order valence-corrected chi connectivity index (χ4v) is 0.669. The van der Waals surface area contributed by atoms with E-state index >= 15 is 0 Å². The molecule has 0 bridgehead atoms. The average molecular weight is 198 g/mol. The lowest BCUT2D eigenvalue weighted by molar-refractivity contribution is -0.402. The number of carbonyl (C=O) groups excluding carboxylic acids is 1. The first-order chi connectivity index (χ1) is 6.63. The summed E-state index contributed by atoms with van der Waals surface area (Å²) in [5.74, 6) is 4.42. The van der Waals surface area contributed by atoms with Crippen LogP contribution in [0.2, 0.25) is 0 Å². The Labute approximate surface area is 77.5 Å². The number of aliphatic imine (C=N–C) groups is 1. The van der Waals surface area contributed by atoms with Crippen molar-refractivity contribution in [2.75, 3.05) is 0 Å². The molecule has 0 radical (unpaired) electrons. The number of nitrogens with two attached hydrogens (primary N) is 1. The van der Waals surface area contributed by atoms with Crippen LogP contribution in [-0.2, 0) is 0 Å². The zero-order chi connectivity index (χ0) is 10.6. The molecule has 8 heteroatoms. The van der Waals surface area contributed by atoms with E-state index in [-0.39, 0.29) is 5.76 Å². The smallest absolute Gasteiger partial charge is 0.400 e. The Balaban J connectivity index is 2.73. The molecule has 0 aliphatic carbocycles. The predicted molar refractivity (Wildman–Crippen MR) is 45.7 cm³/mol. The zero-order valence-electron chi connectivity index (χ0n) is 6.84. The predicted octanol–water partition coefficient (Wildman–Crippen LogP) is 0.190. The molecule has 0 saturated carbocycles. The third-order valence-corrected chi connectivity index (χ3v) is 1.23. The lowest BCUT2D eigenvalue weighted by Gasteiger charge is -1.87. The normalized spacial score (nSPS) is 10.4. The standard InChI is InChI=1S/C6H6N4O4/c7-9-6(11)8-3-4-1-2-5(14-4)10(12)13/h1-3H,7H2,(H,9,11)/b8-3+. The van der Waals surface area contributed by atoms with Gasteiger partial charge in [0.1, 0.15) is 4.92 Å². The van der Waals surface area contributed by atoms with Gasteiger partial charge in [0.25, 0.3) is 0 Å². The van der Waals surface area contributed by atoms with Crippen LogP contribution in [0.1, 0.15) is 5.76 Å². The van der Waals surface area contributed by atoms with Crippen LogP contribution in [0.3, 0.4) is 0 Å². The summed E-state index contributed by atoms with van der Waals surface area (Å²) in [6.45, 7) is 0. The molecule has 0 aromatic carbocycles. The highest BCUT2D eigenvalue weighted by Gasteiger charge is 2.10. The van der Waals surface area contributed by atoms with Crippen molar-refractivity contribution in [3.63, 3.8) is 0 Å². The zero-order valence-corrected chi connectivity index (χ0v) is 6.84. The number of nitrogens with zero attached hydrogens (tertiary/aromatic N) is 2. The molecule has 2 amide bonds. The monoisotopic (exact) mass is 198 g/mol. The lowest BCUT2D eigenvalue weighted by atomic mass is 10.5. The van der Waals surface area contributed by atoms with Crippen molar-refractivity contribution in [3.05, 3.63) is 28.0 Å². The Morgan fingerprint density at radius 3 is 2.93 bits per heavy atom. The molecule has 8 nitrogen and oxygen atoms in total. The largest absolute Gasteiger partial charge is 0.433 e. The molecule has 0 aliphatic rings.